The van der Waals surface area contributed by atoms with Crippen molar-refractivity contribution < 1.29 is 9.59 Å². The number of fused-ring (bicyclic) bond motifs is 2. The summed E-state index contributed by atoms with van der Waals surface area (Å²) in [6.45, 7) is 1.07. The van der Waals surface area contributed by atoms with Crippen LogP contribution in [0.3, 0.4) is 0 Å². The Morgan fingerprint density at radius 3 is 2.68 bits per heavy atom. The maximum Gasteiger partial charge on any atom is 0.105 e. The molecule has 2 saturated heterocycles. The first-order valence-corrected chi connectivity index (χ1v) is 7.81. The van der Waals surface area contributed by atoms with Gasteiger partial charge in [0.2, 0.25) is 0 Å². The molecule has 2 heterocycles. The molecule has 3 heteroatoms. The molecule has 1 N–H and O–H groups in total. The maximum atomic E-state index is 10.3. The number of hydrogen-bond donors (Lipinski definition) is 1. The molecule has 104 valence electrons. The summed E-state index contributed by atoms with van der Waals surface area (Å²) in [5.41, 5.74) is 1.40. The molecule has 5 atom stereocenters. The highest BCUT2D eigenvalue weighted by atomic mass is 35.5. The SMILES string of the molecule is C[N+]1(Cc2ccccc2)C2CCC1C(CCl)C(O)C2. The van der Waals surface area contributed by atoms with Crippen molar-refractivity contribution in [3.63, 3.8) is 0 Å². The molecule has 0 saturated carbocycles. The first-order chi connectivity index (χ1) is 9.15. The van der Waals surface area contributed by atoms with E-state index in [0.717, 1.165) is 17.4 Å². The summed E-state index contributed by atoms with van der Waals surface area (Å²) in [5.74, 6) is 0.843. The molecule has 0 amide bonds. The highest BCUT2D eigenvalue weighted by Crippen LogP contribution is 2.45. The molecule has 2 bridgehead atoms. The van der Waals surface area contributed by atoms with E-state index in [1.54, 1.807) is 0 Å². The van der Waals surface area contributed by atoms with Crippen LogP contribution in [0.4, 0.5) is 0 Å². The molecule has 0 radical (unpaired) electrons. The van der Waals surface area contributed by atoms with Crippen LogP contribution in [0.15, 0.2) is 30.3 Å². The average molecular weight is 281 g/mol. The van der Waals surface area contributed by atoms with Gasteiger partial charge < -0.3 is 9.59 Å². The van der Waals surface area contributed by atoms with E-state index in [4.69, 9.17) is 11.6 Å². The van der Waals surface area contributed by atoms with Gasteiger partial charge in [-0.15, -0.1) is 11.6 Å². The summed E-state index contributed by atoms with van der Waals surface area (Å²) in [6, 6.07) is 11.8. The van der Waals surface area contributed by atoms with E-state index < -0.39 is 0 Å². The summed E-state index contributed by atoms with van der Waals surface area (Å²) in [7, 11) is 2.36. The van der Waals surface area contributed by atoms with Gasteiger partial charge in [-0.2, -0.15) is 0 Å². The molecule has 0 aliphatic carbocycles. The zero-order chi connectivity index (χ0) is 13.5. The van der Waals surface area contributed by atoms with E-state index in [1.165, 1.54) is 18.4 Å². The molecule has 2 nitrogen and oxygen atoms in total. The van der Waals surface area contributed by atoms with Gasteiger partial charge in [0.15, 0.2) is 0 Å². The Hall–Kier alpha value is -0.570. The van der Waals surface area contributed by atoms with Crippen LogP contribution in [0.5, 0.6) is 0 Å². The maximum absolute atomic E-state index is 10.3. The number of aliphatic hydroxyl groups excluding tert-OH is 1. The molecular weight excluding hydrogens is 258 g/mol. The van der Waals surface area contributed by atoms with Gasteiger partial charge in [0, 0.05) is 30.7 Å². The van der Waals surface area contributed by atoms with Gasteiger partial charge in [0.1, 0.15) is 6.54 Å². The summed E-state index contributed by atoms with van der Waals surface area (Å²) < 4.78 is 1.07. The fourth-order valence-electron chi connectivity index (χ4n) is 4.37. The van der Waals surface area contributed by atoms with Gasteiger partial charge in [-0.3, -0.25) is 0 Å². The lowest BCUT2D eigenvalue weighted by molar-refractivity contribution is -0.965. The molecule has 1 aromatic rings. The van der Waals surface area contributed by atoms with Gasteiger partial charge >= 0.3 is 0 Å². The molecule has 19 heavy (non-hydrogen) atoms. The standard InChI is InChI=1S/C16H23ClNO/c1-18(11-12-5-3-2-4-6-12)13-7-8-15(18)14(10-17)16(19)9-13/h2-6,13-16,19H,7-11H2,1H3/q+1. The van der Waals surface area contributed by atoms with Crippen LogP contribution < -0.4 is 0 Å². The van der Waals surface area contributed by atoms with Crippen molar-refractivity contribution in [1.29, 1.82) is 0 Å². The zero-order valence-corrected chi connectivity index (χ0v) is 12.3. The molecule has 3 rings (SSSR count). The minimum absolute atomic E-state index is 0.197. The minimum atomic E-state index is -0.197. The number of alkyl halides is 1. The van der Waals surface area contributed by atoms with E-state index in [-0.39, 0.29) is 12.0 Å². The second-order valence-corrected chi connectivity index (χ2v) is 6.72. The Bertz CT molecular complexity index is 438. The van der Waals surface area contributed by atoms with Crippen molar-refractivity contribution in [3.8, 4) is 0 Å². The van der Waals surface area contributed by atoms with Gasteiger partial charge in [-0.05, 0) is 0 Å². The molecule has 0 aromatic heterocycles. The lowest BCUT2D eigenvalue weighted by Gasteiger charge is -2.49. The van der Waals surface area contributed by atoms with Crippen LogP contribution in [0, 0.1) is 5.92 Å². The molecule has 5 unspecified atom stereocenters. The second kappa shape index (κ2) is 5.08. The van der Waals surface area contributed by atoms with Crippen molar-refractivity contribution in [2.45, 2.75) is 44.0 Å². The topological polar surface area (TPSA) is 20.2 Å². The second-order valence-electron chi connectivity index (χ2n) is 6.41. The molecule has 2 fully saturated rings. The number of halogens is 1. The Labute approximate surface area is 120 Å². The average Bonchev–Trinajstić information content (AvgIpc) is 2.61. The number of piperidine rings is 1. The molecule has 2 aliphatic rings. The van der Waals surface area contributed by atoms with Crippen molar-refractivity contribution in [1.82, 2.24) is 0 Å². The van der Waals surface area contributed by atoms with Gasteiger partial charge in [0.05, 0.1) is 31.2 Å². The Morgan fingerprint density at radius 1 is 1.26 bits per heavy atom. The van der Waals surface area contributed by atoms with Gasteiger partial charge in [-0.1, -0.05) is 30.3 Å². The fourth-order valence-corrected chi connectivity index (χ4v) is 4.78. The van der Waals surface area contributed by atoms with Crippen LogP contribution in [0.2, 0.25) is 0 Å². The Kier molecular flexibility index (Phi) is 3.59. The summed E-state index contributed by atoms with van der Waals surface area (Å²) in [4.78, 5) is 0. The van der Waals surface area contributed by atoms with Crippen LogP contribution in [-0.4, -0.2) is 40.7 Å². The van der Waals surface area contributed by atoms with Gasteiger partial charge in [-0.25, -0.2) is 0 Å². The normalized spacial score (nSPS) is 41.4. The summed E-state index contributed by atoms with van der Waals surface area (Å²) in [6.07, 6.45) is 3.16. The van der Waals surface area contributed by atoms with Crippen LogP contribution in [0.25, 0.3) is 0 Å². The third-order valence-corrected chi connectivity index (χ3v) is 5.79. The van der Waals surface area contributed by atoms with E-state index in [9.17, 15) is 5.11 Å². The molecule has 2 aliphatic heterocycles. The number of quaternary nitrogens is 1. The van der Waals surface area contributed by atoms with Crippen LogP contribution in [-0.2, 0) is 6.54 Å². The third kappa shape index (κ3) is 2.20. The number of hydrogen-bond acceptors (Lipinski definition) is 1. The van der Waals surface area contributed by atoms with Crippen molar-refractivity contribution in [2.75, 3.05) is 12.9 Å². The van der Waals surface area contributed by atoms with E-state index in [0.29, 0.717) is 18.0 Å². The van der Waals surface area contributed by atoms with Crippen LogP contribution in [0.1, 0.15) is 24.8 Å². The quantitative estimate of drug-likeness (QED) is 0.667. The summed E-state index contributed by atoms with van der Waals surface area (Å²) >= 11 is 6.13. The van der Waals surface area contributed by atoms with E-state index in [1.807, 2.05) is 0 Å². The first kappa shape index (κ1) is 13.4. The number of rotatable bonds is 3. The predicted molar refractivity (Wildman–Crippen MR) is 78.0 cm³/mol. The predicted octanol–water partition coefficient (Wildman–Crippen LogP) is 2.78. The number of aliphatic hydroxyl groups is 1. The Balaban J connectivity index is 1.87. The first-order valence-electron chi connectivity index (χ1n) is 7.28. The molecular formula is C16H23ClNO+. The van der Waals surface area contributed by atoms with E-state index >= 15 is 0 Å². The smallest absolute Gasteiger partial charge is 0.105 e. The largest absolute Gasteiger partial charge is 0.392 e. The third-order valence-electron chi connectivity index (χ3n) is 5.43. The van der Waals surface area contributed by atoms with Crippen LogP contribution >= 0.6 is 11.6 Å². The zero-order valence-electron chi connectivity index (χ0n) is 11.5. The van der Waals surface area contributed by atoms with Crippen molar-refractivity contribution in [2.24, 2.45) is 5.92 Å². The highest BCUT2D eigenvalue weighted by Gasteiger charge is 2.55. The minimum Gasteiger partial charge on any atom is -0.392 e. The van der Waals surface area contributed by atoms with E-state index in [2.05, 4.69) is 37.4 Å². The molecule has 1 aromatic carbocycles. The molecule has 0 spiro atoms. The Morgan fingerprint density at radius 2 is 2.00 bits per heavy atom. The lowest BCUT2D eigenvalue weighted by Crippen LogP contribution is -2.62. The highest BCUT2D eigenvalue weighted by molar-refractivity contribution is 6.18. The van der Waals surface area contributed by atoms with Crippen molar-refractivity contribution in [3.05, 3.63) is 35.9 Å². The van der Waals surface area contributed by atoms with Gasteiger partial charge in [0.25, 0.3) is 0 Å². The van der Waals surface area contributed by atoms with Crippen molar-refractivity contribution >= 4 is 11.6 Å². The number of benzene rings is 1. The summed E-state index contributed by atoms with van der Waals surface area (Å²) in [5, 5.41) is 10.3. The lowest BCUT2D eigenvalue weighted by atomic mass is 9.86. The number of nitrogens with zero attached hydrogens (tertiary/aromatic N) is 1. The fraction of sp³-hybridized carbons (Fsp3) is 0.625. The monoisotopic (exact) mass is 280 g/mol.